The monoisotopic (exact) mass is 536 g/mol. The van der Waals surface area contributed by atoms with Crippen molar-refractivity contribution >= 4 is 71.4 Å². The van der Waals surface area contributed by atoms with Crippen LogP contribution in [-0.4, -0.2) is 71.4 Å². The molecule has 16 heteroatoms. The maximum atomic E-state index is 6.03. The van der Waals surface area contributed by atoms with Gasteiger partial charge >= 0.3 is 52.8 Å². The molecule has 2 unspecified atom stereocenters. The average Bonchev–Trinajstić information content (AvgIpc) is 2.28. The molecule has 0 aliphatic carbocycles. The number of hydrogen-bond donors (Lipinski definition) is 0. The van der Waals surface area contributed by atoms with E-state index < -0.39 is 71.4 Å². The molecule has 2 saturated heterocycles. The topological polar surface area (TPSA) is 73.8 Å². The SMILES string of the molecule is C[SiH]1O[SiH](C)O[Si](C)(C)O[Si](C)(C)O1.C[SiH]1O[Si](C)(C)O[SiH](C)O[Si](C)(C)O1. The van der Waals surface area contributed by atoms with E-state index in [0.29, 0.717) is 0 Å². The zero-order valence-corrected chi connectivity index (χ0v) is 28.2. The van der Waals surface area contributed by atoms with Gasteiger partial charge in [0.05, 0.1) is 0 Å². The maximum absolute atomic E-state index is 6.03. The first-order chi connectivity index (χ1) is 12.4. The van der Waals surface area contributed by atoms with Gasteiger partial charge in [-0.1, -0.05) is 0 Å². The van der Waals surface area contributed by atoms with Crippen molar-refractivity contribution in [3.8, 4) is 0 Å². The molecular weight excluding hydrogens is 497 g/mol. The highest BCUT2D eigenvalue weighted by Crippen LogP contribution is 2.22. The summed E-state index contributed by atoms with van der Waals surface area (Å²) in [5.41, 5.74) is 0. The highest BCUT2D eigenvalue weighted by Gasteiger charge is 2.42. The van der Waals surface area contributed by atoms with E-state index in [-0.39, 0.29) is 0 Å². The summed E-state index contributed by atoms with van der Waals surface area (Å²) in [5.74, 6) is 0. The lowest BCUT2D eigenvalue weighted by Crippen LogP contribution is -2.56. The van der Waals surface area contributed by atoms with Crippen LogP contribution in [0.3, 0.4) is 0 Å². The van der Waals surface area contributed by atoms with Crippen LogP contribution in [0.4, 0.5) is 0 Å². The van der Waals surface area contributed by atoms with E-state index in [0.717, 1.165) is 0 Å². The van der Waals surface area contributed by atoms with Crippen LogP contribution in [-0.2, 0) is 32.9 Å². The van der Waals surface area contributed by atoms with E-state index in [4.69, 9.17) is 32.9 Å². The summed E-state index contributed by atoms with van der Waals surface area (Å²) in [6.07, 6.45) is 0. The van der Waals surface area contributed by atoms with Crippen LogP contribution < -0.4 is 0 Å². The third-order valence-corrected chi connectivity index (χ3v) is 32.2. The molecule has 2 aliphatic heterocycles. The molecule has 0 bridgehead atoms. The standard InChI is InChI=1S/2C6H20O4Si4/c1-11-7-13(3,4)9-12(2)10-14(5,6)8-11;1-11-7-12(2)9-14(5,6)10-13(3,4)8-11/h2*11-12H,1-6H3. The van der Waals surface area contributed by atoms with Crippen molar-refractivity contribution in [1.29, 1.82) is 0 Å². The minimum absolute atomic E-state index is 1.51. The predicted molar refractivity (Wildman–Crippen MR) is 131 cm³/mol. The first-order valence-corrected chi connectivity index (χ1v) is 29.5. The molecule has 0 aromatic heterocycles. The van der Waals surface area contributed by atoms with Gasteiger partial charge in [-0.05, 0) is 78.6 Å². The Morgan fingerprint density at radius 3 is 0.929 bits per heavy atom. The lowest BCUT2D eigenvalue weighted by atomic mass is 11.9. The Labute approximate surface area is 182 Å². The minimum Gasteiger partial charge on any atom is -0.420 e. The first kappa shape index (κ1) is 27.4. The lowest BCUT2D eigenvalue weighted by molar-refractivity contribution is 0.263. The predicted octanol–water partition coefficient (Wildman–Crippen LogP) is 2.34. The summed E-state index contributed by atoms with van der Waals surface area (Å²) in [6.45, 7) is 24.7. The second-order valence-corrected chi connectivity index (χ2v) is 32.1. The Morgan fingerprint density at radius 2 is 0.643 bits per heavy atom. The Kier molecular flexibility index (Phi) is 10.2. The Bertz CT molecular complexity index is 450. The van der Waals surface area contributed by atoms with Gasteiger partial charge < -0.3 is 32.9 Å². The summed E-state index contributed by atoms with van der Waals surface area (Å²) in [5, 5.41) is 0. The highest BCUT2D eigenvalue weighted by atomic mass is 28.5. The van der Waals surface area contributed by atoms with Crippen molar-refractivity contribution in [2.24, 2.45) is 0 Å². The molecule has 0 aromatic rings. The fourth-order valence-corrected chi connectivity index (χ4v) is 34.9. The second-order valence-electron chi connectivity index (χ2n) is 8.82. The van der Waals surface area contributed by atoms with Gasteiger partial charge in [-0.2, -0.15) is 0 Å². The van der Waals surface area contributed by atoms with E-state index in [1.54, 1.807) is 0 Å². The lowest BCUT2D eigenvalue weighted by Gasteiger charge is -2.39. The van der Waals surface area contributed by atoms with Crippen LogP contribution in [0.1, 0.15) is 0 Å². The molecule has 0 aromatic carbocycles. The van der Waals surface area contributed by atoms with Crippen molar-refractivity contribution in [1.82, 2.24) is 0 Å². The van der Waals surface area contributed by atoms with Gasteiger partial charge in [-0.3, -0.25) is 0 Å². The van der Waals surface area contributed by atoms with Gasteiger partial charge in [0, 0.05) is 0 Å². The van der Waals surface area contributed by atoms with Crippen LogP contribution in [0, 0.1) is 0 Å². The normalized spacial score (nSPS) is 37.3. The van der Waals surface area contributed by atoms with Crippen LogP contribution in [0.15, 0.2) is 0 Å². The smallest absolute Gasteiger partial charge is 0.313 e. The summed E-state index contributed by atoms with van der Waals surface area (Å²) in [4.78, 5) is 0. The second kappa shape index (κ2) is 10.4. The Hall–Kier alpha value is 1.42. The average molecular weight is 537 g/mol. The summed E-state index contributed by atoms with van der Waals surface area (Å²) in [7, 11) is -14.1. The molecule has 0 amide bonds. The van der Waals surface area contributed by atoms with E-state index in [9.17, 15) is 0 Å². The largest absolute Gasteiger partial charge is 0.420 e. The quantitative estimate of drug-likeness (QED) is 0.437. The Morgan fingerprint density at radius 1 is 0.393 bits per heavy atom. The van der Waals surface area contributed by atoms with Crippen molar-refractivity contribution in [3.05, 3.63) is 0 Å². The molecule has 2 rings (SSSR count). The fraction of sp³-hybridized carbons (Fsp3) is 1.00. The maximum Gasteiger partial charge on any atom is 0.313 e. The molecule has 0 saturated carbocycles. The van der Waals surface area contributed by atoms with Crippen molar-refractivity contribution in [2.45, 2.75) is 78.6 Å². The van der Waals surface area contributed by atoms with Crippen molar-refractivity contribution in [2.75, 3.05) is 0 Å². The van der Waals surface area contributed by atoms with Gasteiger partial charge in [0.1, 0.15) is 0 Å². The summed E-state index contributed by atoms with van der Waals surface area (Å²) < 4.78 is 47.3. The summed E-state index contributed by atoms with van der Waals surface area (Å²) in [6, 6.07) is 0. The van der Waals surface area contributed by atoms with Crippen molar-refractivity contribution in [3.63, 3.8) is 0 Å². The van der Waals surface area contributed by atoms with Gasteiger partial charge in [0.25, 0.3) is 18.6 Å². The van der Waals surface area contributed by atoms with Gasteiger partial charge in [-0.25, -0.2) is 0 Å². The molecule has 0 spiro atoms. The highest BCUT2D eigenvalue weighted by molar-refractivity contribution is 6.86. The summed E-state index contributed by atoms with van der Waals surface area (Å²) >= 11 is 0. The minimum atomic E-state index is -2.01. The van der Waals surface area contributed by atoms with E-state index in [1.165, 1.54) is 0 Å². The van der Waals surface area contributed by atoms with Gasteiger partial charge in [-0.15, -0.1) is 0 Å². The molecule has 2 heterocycles. The van der Waals surface area contributed by atoms with E-state index in [2.05, 4.69) is 52.4 Å². The number of hydrogen-bond acceptors (Lipinski definition) is 8. The molecule has 0 N–H and O–H groups in total. The third-order valence-electron chi connectivity index (χ3n) is 3.57. The molecule has 28 heavy (non-hydrogen) atoms. The third kappa shape index (κ3) is 11.2. The zero-order valence-electron chi connectivity index (χ0n) is 19.6. The van der Waals surface area contributed by atoms with Crippen LogP contribution in [0.25, 0.3) is 0 Å². The molecule has 2 aliphatic rings. The molecular formula is C12H40O8Si8. The molecule has 168 valence electrons. The zero-order chi connectivity index (χ0) is 22.0. The van der Waals surface area contributed by atoms with Gasteiger partial charge in [0.15, 0.2) is 0 Å². The van der Waals surface area contributed by atoms with E-state index in [1.807, 2.05) is 26.2 Å². The molecule has 0 radical (unpaired) electrons. The van der Waals surface area contributed by atoms with Crippen LogP contribution in [0.2, 0.25) is 78.6 Å². The number of rotatable bonds is 0. The van der Waals surface area contributed by atoms with Crippen molar-refractivity contribution < 1.29 is 32.9 Å². The van der Waals surface area contributed by atoms with E-state index >= 15 is 0 Å². The van der Waals surface area contributed by atoms with Crippen LogP contribution >= 0.6 is 0 Å². The molecule has 8 nitrogen and oxygen atoms in total. The first-order valence-electron chi connectivity index (χ1n) is 9.83. The molecule has 2 atom stereocenters. The fourth-order valence-electron chi connectivity index (χ4n) is 3.47. The Balaban J connectivity index is 0.000000280. The van der Waals surface area contributed by atoms with Crippen LogP contribution in [0.5, 0.6) is 0 Å². The molecule has 2 fully saturated rings. The van der Waals surface area contributed by atoms with Gasteiger partial charge in [0.2, 0.25) is 0 Å².